The zero-order chi connectivity index (χ0) is 56.2. The summed E-state index contributed by atoms with van der Waals surface area (Å²) in [4.78, 5) is 150. The van der Waals surface area contributed by atoms with Crippen molar-refractivity contribution >= 4 is 82.3 Å². The minimum absolute atomic E-state index is 0.345. The number of nitrogens with one attached hydrogen (secondary N) is 8. The number of benzene rings is 2. The molecule has 74 heavy (non-hydrogen) atoms. The first-order valence-corrected chi connectivity index (χ1v) is 21.5. The van der Waals surface area contributed by atoms with E-state index in [0.29, 0.717) is 12.1 Å². The molecule has 0 saturated carbocycles. The van der Waals surface area contributed by atoms with Crippen molar-refractivity contribution in [1.29, 1.82) is 0 Å². The van der Waals surface area contributed by atoms with Crippen LogP contribution in [0.1, 0.15) is 72.4 Å². The summed E-state index contributed by atoms with van der Waals surface area (Å²) < 4.78 is 89.3. The van der Waals surface area contributed by atoms with Gasteiger partial charge in [0.25, 0.3) is 0 Å². The fraction of sp³-hybridized carbons (Fsp3) is 0.429. The Morgan fingerprint density at radius 3 is 1.09 bits per heavy atom. The fourth-order valence-electron chi connectivity index (χ4n) is 6.45. The molecule has 0 spiro atoms. The van der Waals surface area contributed by atoms with Crippen molar-refractivity contribution in [3.8, 4) is 11.5 Å². The first kappa shape index (κ1) is 59.9. The smallest absolute Gasteiger partial charge is 0.481 e. The average molecular weight is 1060 g/mol. The fourth-order valence-corrected chi connectivity index (χ4v) is 6.45. The van der Waals surface area contributed by atoms with Crippen molar-refractivity contribution in [2.24, 2.45) is 11.5 Å². The van der Waals surface area contributed by atoms with Crippen molar-refractivity contribution in [1.82, 2.24) is 31.9 Å². The highest BCUT2D eigenvalue weighted by Gasteiger charge is 2.46. The molecular weight excluding hydrogens is 1010 g/mol. The third kappa shape index (κ3) is 16.3. The van der Waals surface area contributed by atoms with Crippen LogP contribution in [0.2, 0.25) is 0 Å². The molecule has 0 aliphatic heterocycles. The summed E-state index contributed by atoms with van der Waals surface area (Å²) in [7, 11) is 0. The quantitative estimate of drug-likeness (QED) is 0.0180. The van der Waals surface area contributed by atoms with Crippen LogP contribution in [-0.4, -0.2) is 156 Å². The van der Waals surface area contributed by atoms with Gasteiger partial charge in [0, 0.05) is 37.6 Å². The van der Waals surface area contributed by atoms with Crippen LogP contribution >= 0.6 is 0 Å². The Bertz CT molecular complexity index is 2420. The summed E-state index contributed by atoms with van der Waals surface area (Å²) in [6, 6.07) is -5.27. The van der Waals surface area contributed by atoms with E-state index in [-0.39, 0.29) is 11.4 Å². The summed E-state index contributed by atoms with van der Waals surface area (Å²) in [5.74, 6) is -20.3. The summed E-state index contributed by atoms with van der Waals surface area (Å²) in [6.07, 6.45) is -13.3. The molecule has 6 atom stereocenters. The number of amides is 6. The summed E-state index contributed by atoms with van der Waals surface area (Å²) in [6.45, 7) is 3.30. The summed E-state index contributed by atoms with van der Waals surface area (Å²) >= 11 is 0. The van der Waals surface area contributed by atoms with E-state index in [4.69, 9.17) is 11.5 Å². The number of carboxylic acids is 2. The van der Waals surface area contributed by atoms with Gasteiger partial charge in [0.15, 0.2) is 0 Å². The van der Waals surface area contributed by atoms with Gasteiger partial charge in [-0.3, -0.25) is 47.9 Å². The van der Waals surface area contributed by atoms with Crippen LogP contribution in [0.4, 0.5) is 37.7 Å². The van der Waals surface area contributed by atoms with E-state index < -0.39 is 192 Å². The van der Waals surface area contributed by atoms with E-state index in [2.05, 4.69) is 52.0 Å². The highest BCUT2D eigenvalue weighted by atomic mass is 19.4. The number of carbonyl (C=O) groups excluding carboxylic acids is 10. The van der Waals surface area contributed by atoms with Gasteiger partial charge < -0.3 is 73.7 Å². The van der Waals surface area contributed by atoms with Crippen LogP contribution in [0.15, 0.2) is 24.3 Å². The molecule has 26 nitrogen and oxygen atoms in total. The maximum absolute atomic E-state index is 14.5. The highest BCUT2D eigenvalue weighted by molar-refractivity contribution is 6.33. The molecule has 1 aliphatic rings. The standard InChI is InChI=1S/C42H48F6N10O16/c1-15(33(49)65)55-35(67)17(3)57-37(69)21(13-25(59)60)53-11-9-51-19-5-6-20(52-10-12-54-22(14-26(61)62)38(70)58-18(4)36(68)56-16(2)34(50)66)28-27(19)31(63)29-23(73-39(71)41(43,44)45)7-8-24(30(29)32(28)64)74-40(72)42(46,47)48/h5-8,15-18,21-22,51-54H,9-14H2,1-4H3,(H2,49,65)(H2,50,66)(H,55,67)(H,56,68)(H,57,69)(H,58,70)(H,59,60)(H,61,62)/t15-,16-,17-,18-,21-,22-/m0/s1. The Balaban J connectivity index is 2.06. The van der Waals surface area contributed by atoms with Gasteiger partial charge in [-0.05, 0) is 52.0 Å². The van der Waals surface area contributed by atoms with Gasteiger partial charge in [0.05, 0.1) is 47.2 Å². The van der Waals surface area contributed by atoms with E-state index in [9.17, 15) is 94.1 Å². The van der Waals surface area contributed by atoms with Crippen LogP contribution in [0.3, 0.4) is 0 Å². The summed E-state index contributed by atoms with van der Waals surface area (Å²) in [5.41, 5.74) is 5.38. The molecule has 0 saturated heterocycles. The number of nitrogens with two attached hydrogens (primary N) is 2. The summed E-state index contributed by atoms with van der Waals surface area (Å²) in [5, 5.41) is 38.5. The van der Waals surface area contributed by atoms with E-state index in [1.807, 2.05) is 0 Å². The first-order chi connectivity index (χ1) is 34.3. The highest BCUT2D eigenvalue weighted by Crippen LogP contribution is 2.44. The maximum atomic E-state index is 14.5. The van der Waals surface area contributed by atoms with Crippen LogP contribution in [-0.2, 0) is 47.9 Å². The molecule has 0 heterocycles. The Labute approximate surface area is 412 Å². The molecule has 404 valence electrons. The lowest BCUT2D eigenvalue weighted by Crippen LogP contribution is -2.54. The predicted molar refractivity (Wildman–Crippen MR) is 237 cm³/mol. The Morgan fingerprint density at radius 1 is 0.500 bits per heavy atom. The molecule has 2 aromatic carbocycles. The van der Waals surface area contributed by atoms with Crippen LogP contribution < -0.4 is 63.5 Å². The van der Waals surface area contributed by atoms with Crippen LogP contribution in [0.25, 0.3) is 0 Å². The normalized spacial score (nSPS) is 14.5. The molecule has 0 aromatic heterocycles. The number of primary amides is 2. The number of halogens is 6. The Morgan fingerprint density at radius 2 is 0.811 bits per heavy atom. The second-order valence-electron chi connectivity index (χ2n) is 15.9. The SMILES string of the molecule is C[C@H](NC(=O)[C@H](C)NC(=O)[C@H](CC(=O)O)NCCNc1ccc(NCCN[C@@H](CC(=O)O)C(=O)N[C@@H](C)C(=O)N[C@@H](C)C(N)=O)c2c1C(=O)c1c(OC(=O)C(F)(F)F)ccc(OC(=O)C(F)(F)F)c1C2=O)C(N)=O. The predicted octanol–water partition coefficient (Wildman–Crippen LogP) is -1.92. The molecule has 0 fully saturated rings. The lowest BCUT2D eigenvalue weighted by atomic mass is 9.81. The van der Waals surface area contributed by atoms with Gasteiger partial charge in [-0.2, -0.15) is 26.3 Å². The second-order valence-corrected chi connectivity index (χ2v) is 15.9. The molecule has 0 unspecified atom stereocenters. The number of alkyl halides is 6. The molecule has 0 bridgehead atoms. The number of hydrogen-bond acceptors (Lipinski definition) is 18. The van der Waals surface area contributed by atoms with Crippen LogP contribution in [0.5, 0.6) is 11.5 Å². The van der Waals surface area contributed by atoms with Crippen molar-refractivity contribution in [2.45, 2.75) is 89.1 Å². The monoisotopic (exact) mass is 1060 g/mol. The van der Waals surface area contributed by atoms with E-state index in [0.717, 1.165) is 12.1 Å². The lowest BCUT2D eigenvalue weighted by Gasteiger charge is -2.27. The number of carboxylic acid groups (broad SMARTS) is 2. The molecule has 1 aliphatic carbocycles. The molecule has 32 heteroatoms. The van der Waals surface area contributed by atoms with Gasteiger partial charge in [0.2, 0.25) is 47.0 Å². The zero-order valence-electron chi connectivity index (χ0n) is 39.0. The minimum atomic E-state index is -5.75. The van der Waals surface area contributed by atoms with E-state index in [1.165, 1.54) is 27.7 Å². The number of fused-ring (bicyclic) bond motifs is 2. The number of ether oxygens (including phenoxy) is 2. The van der Waals surface area contributed by atoms with Crippen LogP contribution in [0, 0.1) is 0 Å². The van der Waals surface area contributed by atoms with E-state index >= 15 is 0 Å². The molecule has 2 aromatic rings. The topological polar surface area (TPSA) is 412 Å². The Kier molecular flexibility index (Phi) is 20.5. The number of rotatable bonds is 26. The Hall–Kier alpha value is -8.42. The van der Waals surface area contributed by atoms with Gasteiger partial charge in [-0.25, -0.2) is 9.59 Å². The molecule has 6 amide bonds. The molecule has 14 N–H and O–H groups in total. The van der Waals surface area contributed by atoms with Gasteiger partial charge in [-0.15, -0.1) is 0 Å². The van der Waals surface area contributed by atoms with Gasteiger partial charge >= 0.3 is 36.2 Å². The van der Waals surface area contributed by atoms with E-state index in [1.54, 1.807) is 0 Å². The number of esters is 2. The number of aliphatic carboxylic acids is 2. The third-order valence-corrected chi connectivity index (χ3v) is 10.2. The molecular formula is C42H48F6N10O16. The third-order valence-electron chi connectivity index (χ3n) is 10.2. The van der Waals surface area contributed by atoms with Crippen molar-refractivity contribution in [3.63, 3.8) is 0 Å². The molecule has 3 rings (SSSR count). The van der Waals surface area contributed by atoms with Crippen molar-refractivity contribution in [2.75, 3.05) is 36.8 Å². The van der Waals surface area contributed by atoms with Gasteiger partial charge in [0.1, 0.15) is 35.7 Å². The van der Waals surface area contributed by atoms with Gasteiger partial charge in [-0.1, -0.05) is 0 Å². The second kappa shape index (κ2) is 25.3. The van der Waals surface area contributed by atoms with Crippen molar-refractivity contribution < 1.29 is 104 Å². The van der Waals surface area contributed by atoms with Crippen molar-refractivity contribution in [3.05, 3.63) is 46.5 Å². The largest absolute Gasteiger partial charge is 0.491 e. The number of anilines is 2. The lowest BCUT2D eigenvalue weighted by molar-refractivity contribution is -0.190. The number of hydrogen-bond donors (Lipinski definition) is 12. The maximum Gasteiger partial charge on any atom is 0.491 e. The zero-order valence-corrected chi connectivity index (χ0v) is 39.0. The average Bonchev–Trinajstić information content (AvgIpc) is 3.29. The number of ketones is 2. The minimum Gasteiger partial charge on any atom is -0.481 e. The number of carbonyl (C=O) groups is 12. The first-order valence-electron chi connectivity index (χ1n) is 21.5. The molecule has 0 radical (unpaired) electrons.